The third-order valence-corrected chi connectivity index (χ3v) is 5.86. The highest BCUT2D eigenvalue weighted by molar-refractivity contribution is 7.23. The van der Waals surface area contributed by atoms with Crippen LogP contribution in [0.15, 0.2) is 11.1 Å². The second-order valence-corrected chi connectivity index (χ2v) is 7.56. The summed E-state index contributed by atoms with van der Waals surface area (Å²) < 4.78 is 1.90. The summed E-state index contributed by atoms with van der Waals surface area (Å²) in [6.45, 7) is 0.703. The van der Waals surface area contributed by atoms with Gasteiger partial charge < -0.3 is 10.4 Å². The van der Waals surface area contributed by atoms with Crippen molar-refractivity contribution in [1.29, 1.82) is 0 Å². The van der Waals surface area contributed by atoms with E-state index in [4.69, 9.17) is 23.2 Å². The molecule has 6 nitrogen and oxygen atoms in total. The van der Waals surface area contributed by atoms with Crippen LogP contribution in [-0.2, 0) is 11.3 Å². The number of carbonyl (C=O) groups is 1. The Morgan fingerprint density at radius 2 is 2.30 bits per heavy atom. The maximum absolute atomic E-state index is 12.4. The largest absolute Gasteiger partial charge is 0.391 e. The molecular weight excluding hydrogens is 361 g/mol. The standard InChI is InChI=1S/C14H15Cl2N3O3S/c15-10-11-12(23-13(10)16)14(22)19(6-18-11)5-7(20)4-8-9(21)2-1-3-17-8/h6,8-9,17,21H,1-5H2. The average Bonchev–Trinajstić information content (AvgIpc) is 2.81. The van der Waals surface area contributed by atoms with E-state index in [2.05, 4.69) is 10.3 Å². The number of hydrogen-bond donors (Lipinski definition) is 2. The molecule has 2 atom stereocenters. The summed E-state index contributed by atoms with van der Waals surface area (Å²) in [5.41, 5.74) is 0.0269. The van der Waals surface area contributed by atoms with Crippen molar-refractivity contribution in [3.63, 3.8) is 0 Å². The van der Waals surface area contributed by atoms with Gasteiger partial charge in [0.05, 0.1) is 24.0 Å². The van der Waals surface area contributed by atoms with E-state index in [-0.39, 0.29) is 35.4 Å². The van der Waals surface area contributed by atoms with E-state index in [9.17, 15) is 14.7 Å². The minimum absolute atomic E-state index is 0.0835. The highest BCUT2D eigenvalue weighted by Gasteiger charge is 2.25. The van der Waals surface area contributed by atoms with E-state index in [1.165, 1.54) is 10.9 Å². The Kier molecular flexibility index (Phi) is 5.03. The number of nitrogens with zero attached hydrogens (tertiary/aromatic N) is 2. The molecule has 0 aliphatic carbocycles. The first kappa shape index (κ1) is 16.9. The second kappa shape index (κ2) is 6.86. The number of piperidine rings is 1. The van der Waals surface area contributed by atoms with Crippen LogP contribution >= 0.6 is 34.5 Å². The van der Waals surface area contributed by atoms with Gasteiger partial charge in [-0.25, -0.2) is 4.98 Å². The van der Waals surface area contributed by atoms with Gasteiger partial charge >= 0.3 is 0 Å². The number of hydrogen-bond acceptors (Lipinski definition) is 6. The van der Waals surface area contributed by atoms with Crippen molar-refractivity contribution in [3.8, 4) is 0 Å². The molecule has 2 aromatic heterocycles. The van der Waals surface area contributed by atoms with Gasteiger partial charge in [-0.2, -0.15) is 0 Å². The summed E-state index contributed by atoms with van der Waals surface area (Å²) in [6.07, 6.45) is 2.54. The van der Waals surface area contributed by atoms with Crippen molar-refractivity contribution < 1.29 is 9.90 Å². The zero-order chi connectivity index (χ0) is 16.6. The number of carbonyl (C=O) groups excluding carboxylic acids is 1. The predicted octanol–water partition coefficient (Wildman–Crippen LogP) is 1.84. The minimum Gasteiger partial charge on any atom is -0.391 e. The molecule has 3 rings (SSSR count). The first-order valence-corrected chi connectivity index (χ1v) is 8.80. The van der Waals surface area contributed by atoms with Crippen LogP contribution in [0.4, 0.5) is 0 Å². The molecule has 0 spiro atoms. The number of aromatic nitrogens is 2. The molecule has 0 saturated carbocycles. The molecular formula is C14H15Cl2N3O3S. The topological polar surface area (TPSA) is 84.2 Å². The highest BCUT2D eigenvalue weighted by Crippen LogP contribution is 2.35. The van der Waals surface area contributed by atoms with Gasteiger partial charge in [0, 0.05) is 12.5 Å². The van der Waals surface area contributed by atoms with Gasteiger partial charge in [-0.05, 0) is 19.4 Å². The van der Waals surface area contributed by atoms with Crippen LogP contribution in [0, 0.1) is 0 Å². The Morgan fingerprint density at radius 1 is 1.52 bits per heavy atom. The second-order valence-electron chi connectivity index (χ2n) is 5.56. The van der Waals surface area contributed by atoms with Crippen molar-refractivity contribution in [2.45, 2.75) is 38.0 Å². The molecule has 2 N–H and O–H groups in total. The molecule has 1 aliphatic rings. The summed E-state index contributed by atoms with van der Waals surface area (Å²) >= 11 is 13.0. The quantitative estimate of drug-likeness (QED) is 0.851. The summed E-state index contributed by atoms with van der Waals surface area (Å²) in [5, 5.41) is 13.3. The van der Waals surface area contributed by atoms with Crippen LogP contribution in [0.2, 0.25) is 9.36 Å². The van der Waals surface area contributed by atoms with Crippen LogP contribution in [0.1, 0.15) is 19.3 Å². The van der Waals surface area contributed by atoms with Gasteiger partial charge in [0.25, 0.3) is 5.56 Å². The number of aliphatic hydroxyl groups excluding tert-OH is 1. The van der Waals surface area contributed by atoms with Gasteiger partial charge in [0.15, 0.2) is 5.78 Å². The van der Waals surface area contributed by atoms with E-state index in [1.54, 1.807) is 0 Å². The lowest BCUT2D eigenvalue weighted by Gasteiger charge is -2.28. The molecule has 23 heavy (non-hydrogen) atoms. The van der Waals surface area contributed by atoms with Crippen LogP contribution in [0.25, 0.3) is 10.2 Å². The number of fused-ring (bicyclic) bond motifs is 1. The Hall–Kier alpha value is -0.990. The smallest absolute Gasteiger partial charge is 0.271 e. The van der Waals surface area contributed by atoms with Gasteiger partial charge in [-0.15, -0.1) is 11.3 Å². The highest BCUT2D eigenvalue weighted by atomic mass is 35.5. The summed E-state index contributed by atoms with van der Waals surface area (Å²) in [5.74, 6) is -0.138. The van der Waals surface area contributed by atoms with Crippen molar-refractivity contribution in [2.24, 2.45) is 0 Å². The summed E-state index contributed by atoms with van der Waals surface area (Å²) in [4.78, 5) is 28.7. The van der Waals surface area contributed by atoms with Crippen molar-refractivity contribution in [3.05, 3.63) is 26.0 Å². The fraction of sp³-hybridized carbons (Fsp3) is 0.500. The summed E-state index contributed by atoms with van der Waals surface area (Å²) in [6, 6.07) is -0.255. The zero-order valence-corrected chi connectivity index (χ0v) is 14.4. The van der Waals surface area contributed by atoms with Crippen LogP contribution < -0.4 is 10.9 Å². The monoisotopic (exact) mass is 375 g/mol. The molecule has 9 heteroatoms. The zero-order valence-electron chi connectivity index (χ0n) is 12.1. The molecule has 0 aromatic carbocycles. The van der Waals surface area contributed by atoms with Gasteiger partial charge in [-0.3, -0.25) is 14.2 Å². The molecule has 2 unspecified atom stereocenters. The van der Waals surface area contributed by atoms with E-state index >= 15 is 0 Å². The fourth-order valence-electron chi connectivity index (χ4n) is 2.70. The first-order valence-electron chi connectivity index (χ1n) is 7.23. The van der Waals surface area contributed by atoms with Crippen LogP contribution in [-0.4, -0.2) is 39.1 Å². The lowest BCUT2D eigenvalue weighted by atomic mass is 9.97. The third-order valence-electron chi connectivity index (χ3n) is 3.91. The van der Waals surface area contributed by atoms with E-state index in [0.717, 1.165) is 24.3 Å². The Bertz CT molecular complexity index is 804. The number of rotatable bonds is 4. The molecule has 3 heterocycles. The third kappa shape index (κ3) is 3.44. The Labute approximate surface area is 146 Å². The van der Waals surface area contributed by atoms with Crippen LogP contribution in [0.3, 0.4) is 0 Å². The van der Waals surface area contributed by atoms with Crippen molar-refractivity contribution in [1.82, 2.24) is 14.9 Å². The van der Waals surface area contributed by atoms with Gasteiger partial charge in [0.1, 0.15) is 14.6 Å². The number of aliphatic hydroxyl groups is 1. The lowest BCUT2D eigenvalue weighted by Crippen LogP contribution is -2.46. The maximum atomic E-state index is 12.4. The fourth-order valence-corrected chi connectivity index (χ4v) is 4.16. The number of Topliss-reactive ketones (excluding diaryl/α,β-unsaturated/α-hetero) is 1. The molecule has 2 aromatic rings. The SMILES string of the molecule is O=C(CC1NCCCC1O)Cn1cnc2c(Cl)c(Cl)sc2c1=O. The minimum atomic E-state index is -0.528. The number of nitrogens with one attached hydrogen (secondary N) is 1. The molecule has 0 amide bonds. The van der Waals surface area contributed by atoms with Gasteiger partial charge in [0.2, 0.25) is 0 Å². The average molecular weight is 376 g/mol. The van der Waals surface area contributed by atoms with E-state index < -0.39 is 6.10 Å². The lowest BCUT2D eigenvalue weighted by molar-refractivity contribution is -0.121. The van der Waals surface area contributed by atoms with E-state index in [0.29, 0.717) is 21.0 Å². The van der Waals surface area contributed by atoms with Crippen molar-refractivity contribution >= 4 is 50.5 Å². The molecule has 1 fully saturated rings. The summed E-state index contributed by atoms with van der Waals surface area (Å²) in [7, 11) is 0. The first-order chi connectivity index (χ1) is 11.0. The predicted molar refractivity (Wildman–Crippen MR) is 90.6 cm³/mol. The normalized spacial score (nSPS) is 21.7. The molecule has 0 radical (unpaired) electrons. The molecule has 124 valence electrons. The number of thiophene rings is 1. The number of ketones is 1. The number of halogens is 2. The Morgan fingerprint density at radius 3 is 3.04 bits per heavy atom. The molecule has 1 aliphatic heterocycles. The van der Waals surface area contributed by atoms with Crippen LogP contribution in [0.5, 0.6) is 0 Å². The Balaban J connectivity index is 1.77. The van der Waals surface area contributed by atoms with Gasteiger partial charge in [-0.1, -0.05) is 23.2 Å². The van der Waals surface area contributed by atoms with Crippen molar-refractivity contribution in [2.75, 3.05) is 6.54 Å². The molecule has 1 saturated heterocycles. The maximum Gasteiger partial charge on any atom is 0.271 e. The molecule has 0 bridgehead atoms. The van der Waals surface area contributed by atoms with E-state index in [1.807, 2.05) is 0 Å².